The molecule has 0 spiro atoms. The monoisotopic (exact) mass is 186 g/mol. The van der Waals surface area contributed by atoms with E-state index in [2.05, 4.69) is 18.7 Å². The summed E-state index contributed by atoms with van der Waals surface area (Å²) in [6, 6.07) is 0.591. The summed E-state index contributed by atoms with van der Waals surface area (Å²) in [5, 5.41) is 9.82. The van der Waals surface area contributed by atoms with Crippen molar-refractivity contribution in [2.24, 2.45) is 11.7 Å². The fourth-order valence-electron chi connectivity index (χ4n) is 2.11. The fourth-order valence-corrected chi connectivity index (χ4v) is 2.11. The van der Waals surface area contributed by atoms with Crippen LogP contribution in [0.15, 0.2) is 0 Å². The van der Waals surface area contributed by atoms with Gasteiger partial charge in [-0.2, -0.15) is 0 Å². The van der Waals surface area contributed by atoms with Crippen LogP contribution in [0.1, 0.15) is 27.2 Å². The Bertz CT molecular complexity index is 170. The van der Waals surface area contributed by atoms with Gasteiger partial charge in [0, 0.05) is 25.7 Å². The molecule has 1 heterocycles. The summed E-state index contributed by atoms with van der Waals surface area (Å²) >= 11 is 0. The Morgan fingerprint density at radius 3 is 2.54 bits per heavy atom. The van der Waals surface area contributed by atoms with E-state index in [0.29, 0.717) is 19.1 Å². The van der Waals surface area contributed by atoms with E-state index < -0.39 is 5.60 Å². The van der Waals surface area contributed by atoms with Crippen LogP contribution in [-0.4, -0.2) is 41.3 Å². The Balaban J connectivity index is 2.45. The SMILES string of the molecule is CC1CC(C)N(CC(C)(O)CN)C1. The van der Waals surface area contributed by atoms with Gasteiger partial charge in [0.25, 0.3) is 0 Å². The highest BCUT2D eigenvalue weighted by atomic mass is 16.3. The first-order valence-corrected chi connectivity index (χ1v) is 5.11. The average Bonchev–Trinajstić information content (AvgIpc) is 2.30. The minimum absolute atomic E-state index is 0.338. The van der Waals surface area contributed by atoms with Crippen molar-refractivity contribution >= 4 is 0 Å². The normalized spacial score (nSPS) is 34.8. The van der Waals surface area contributed by atoms with E-state index in [4.69, 9.17) is 5.73 Å². The maximum absolute atomic E-state index is 9.82. The van der Waals surface area contributed by atoms with Crippen molar-refractivity contribution in [2.45, 2.75) is 38.8 Å². The standard InChI is InChI=1S/C10H22N2O/c1-8-4-9(2)12(5-8)7-10(3,13)6-11/h8-9,13H,4-7,11H2,1-3H3. The smallest absolute Gasteiger partial charge is 0.0867 e. The predicted molar refractivity (Wildman–Crippen MR) is 54.5 cm³/mol. The third kappa shape index (κ3) is 2.93. The number of likely N-dealkylation sites (tertiary alicyclic amines) is 1. The Morgan fingerprint density at radius 2 is 2.15 bits per heavy atom. The molecule has 1 aliphatic rings. The number of aliphatic hydroxyl groups is 1. The molecule has 13 heavy (non-hydrogen) atoms. The Hall–Kier alpha value is -0.120. The molecule has 0 aromatic heterocycles. The van der Waals surface area contributed by atoms with Gasteiger partial charge in [-0.15, -0.1) is 0 Å². The van der Waals surface area contributed by atoms with Crippen LogP contribution in [0.25, 0.3) is 0 Å². The molecule has 3 N–H and O–H groups in total. The molecular weight excluding hydrogens is 164 g/mol. The molecule has 0 aromatic carbocycles. The summed E-state index contributed by atoms with van der Waals surface area (Å²) in [6.07, 6.45) is 1.24. The van der Waals surface area contributed by atoms with Crippen molar-refractivity contribution in [3.63, 3.8) is 0 Å². The maximum Gasteiger partial charge on any atom is 0.0867 e. The minimum atomic E-state index is -0.724. The molecule has 1 rings (SSSR count). The third-order valence-electron chi connectivity index (χ3n) is 2.90. The first kappa shape index (κ1) is 11.0. The minimum Gasteiger partial charge on any atom is -0.388 e. The van der Waals surface area contributed by atoms with Gasteiger partial charge in [0.05, 0.1) is 5.60 Å². The number of β-amino-alcohol motifs (C(OH)–C–C–N with tert-alkyl or cyclic N) is 1. The van der Waals surface area contributed by atoms with E-state index in [0.717, 1.165) is 12.5 Å². The van der Waals surface area contributed by atoms with E-state index >= 15 is 0 Å². The molecule has 0 saturated carbocycles. The van der Waals surface area contributed by atoms with Gasteiger partial charge < -0.3 is 10.8 Å². The topological polar surface area (TPSA) is 49.5 Å². The van der Waals surface area contributed by atoms with E-state index in [-0.39, 0.29) is 0 Å². The van der Waals surface area contributed by atoms with Crippen LogP contribution >= 0.6 is 0 Å². The van der Waals surface area contributed by atoms with Crippen LogP contribution in [-0.2, 0) is 0 Å². The van der Waals surface area contributed by atoms with Gasteiger partial charge >= 0.3 is 0 Å². The molecule has 78 valence electrons. The summed E-state index contributed by atoms with van der Waals surface area (Å²) < 4.78 is 0. The lowest BCUT2D eigenvalue weighted by atomic mass is 10.1. The zero-order chi connectivity index (χ0) is 10.1. The molecule has 1 aliphatic heterocycles. The van der Waals surface area contributed by atoms with Crippen LogP contribution in [0.5, 0.6) is 0 Å². The summed E-state index contributed by atoms with van der Waals surface area (Å²) in [7, 11) is 0. The van der Waals surface area contributed by atoms with Crippen molar-refractivity contribution in [3.05, 3.63) is 0 Å². The van der Waals surface area contributed by atoms with Crippen LogP contribution in [0, 0.1) is 5.92 Å². The summed E-state index contributed by atoms with van der Waals surface area (Å²) in [6.45, 7) is 8.42. The molecule has 1 fully saturated rings. The van der Waals surface area contributed by atoms with Crippen molar-refractivity contribution in [1.82, 2.24) is 4.90 Å². The molecule has 0 aromatic rings. The average molecular weight is 186 g/mol. The van der Waals surface area contributed by atoms with Crippen molar-refractivity contribution < 1.29 is 5.11 Å². The van der Waals surface area contributed by atoms with E-state index in [1.807, 2.05) is 6.92 Å². The molecule has 3 nitrogen and oxygen atoms in total. The zero-order valence-corrected chi connectivity index (χ0v) is 8.95. The van der Waals surface area contributed by atoms with Crippen LogP contribution in [0.2, 0.25) is 0 Å². The molecule has 0 amide bonds. The number of hydrogen-bond donors (Lipinski definition) is 2. The van der Waals surface area contributed by atoms with Crippen LogP contribution in [0.4, 0.5) is 0 Å². The second-order valence-electron chi connectivity index (χ2n) is 4.82. The lowest BCUT2D eigenvalue weighted by Crippen LogP contribution is -2.47. The number of nitrogens with two attached hydrogens (primary N) is 1. The van der Waals surface area contributed by atoms with Gasteiger partial charge in [-0.1, -0.05) is 6.92 Å². The highest BCUT2D eigenvalue weighted by Crippen LogP contribution is 2.23. The Labute approximate surface area is 80.9 Å². The maximum atomic E-state index is 9.82. The highest BCUT2D eigenvalue weighted by molar-refractivity contribution is 4.86. The molecule has 0 radical (unpaired) electrons. The van der Waals surface area contributed by atoms with Gasteiger partial charge in [-0.3, -0.25) is 4.90 Å². The zero-order valence-electron chi connectivity index (χ0n) is 8.95. The lowest BCUT2D eigenvalue weighted by molar-refractivity contribution is 0.0246. The number of hydrogen-bond acceptors (Lipinski definition) is 3. The lowest BCUT2D eigenvalue weighted by Gasteiger charge is -2.30. The molecule has 1 saturated heterocycles. The molecular formula is C10H22N2O. The number of rotatable bonds is 3. The summed E-state index contributed by atoms with van der Waals surface area (Å²) in [4.78, 5) is 2.33. The summed E-state index contributed by atoms with van der Waals surface area (Å²) in [5.74, 6) is 0.753. The van der Waals surface area contributed by atoms with E-state index in [1.54, 1.807) is 0 Å². The second kappa shape index (κ2) is 3.95. The Morgan fingerprint density at radius 1 is 1.54 bits per heavy atom. The summed E-state index contributed by atoms with van der Waals surface area (Å²) in [5.41, 5.74) is 4.76. The van der Waals surface area contributed by atoms with Crippen molar-refractivity contribution in [3.8, 4) is 0 Å². The number of nitrogens with zero attached hydrogens (tertiary/aromatic N) is 1. The van der Waals surface area contributed by atoms with Crippen molar-refractivity contribution in [2.75, 3.05) is 19.6 Å². The fraction of sp³-hybridized carbons (Fsp3) is 1.00. The predicted octanol–water partition coefficient (Wildman–Crippen LogP) is 0.426. The molecule has 3 unspecified atom stereocenters. The molecule has 0 bridgehead atoms. The van der Waals surface area contributed by atoms with E-state index in [1.165, 1.54) is 6.42 Å². The second-order valence-corrected chi connectivity index (χ2v) is 4.82. The third-order valence-corrected chi connectivity index (χ3v) is 2.90. The molecule has 3 atom stereocenters. The van der Waals surface area contributed by atoms with Gasteiger partial charge in [0.15, 0.2) is 0 Å². The molecule has 0 aliphatic carbocycles. The molecule has 3 heteroatoms. The van der Waals surface area contributed by atoms with E-state index in [9.17, 15) is 5.11 Å². The van der Waals surface area contributed by atoms with Crippen LogP contribution < -0.4 is 5.73 Å². The van der Waals surface area contributed by atoms with Gasteiger partial charge in [-0.05, 0) is 26.2 Å². The first-order chi connectivity index (χ1) is 5.94. The van der Waals surface area contributed by atoms with Crippen LogP contribution in [0.3, 0.4) is 0 Å². The largest absolute Gasteiger partial charge is 0.388 e. The Kier molecular flexibility index (Phi) is 3.33. The highest BCUT2D eigenvalue weighted by Gasteiger charge is 2.31. The van der Waals surface area contributed by atoms with Crippen molar-refractivity contribution in [1.29, 1.82) is 0 Å². The first-order valence-electron chi connectivity index (χ1n) is 5.11. The van der Waals surface area contributed by atoms with Gasteiger partial charge in [0.1, 0.15) is 0 Å². The van der Waals surface area contributed by atoms with Gasteiger partial charge in [-0.25, -0.2) is 0 Å². The quantitative estimate of drug-likeness (QED) is 0.672. The van der Waals surface area contributed by atoms with Gasteiger partial charge in [0.2, 0.25) is 0 Å².